The zero-order valence-corrected chi connectivity index (χ0v) is 24.8. The number of allylic oxidation sites excluding steroid dienone is 1. The molecule has 1 N–H and O–H groups in total. The Hall–Kier alpha value is -1.85. The van der Waals surface area contributed by atoms with Gasteiger partial charge in [0.05, 0.1) is 11.3 Å². The molecule has 4 aliphatic carbocycles. The molecule has 0 amide bonds. The second kappa shape index (κ2) is 11.2. The maximum absolute atomic E-state index is 12.9. The fourth-order valence-electron chi connectivity index (χ4n) is 9.72. The maximum Gasteiger partial charge on any atom is 0.338 e. The van der Waals surface area contributed by atoms with E-state index in [0.717, 1.165) is 54.8 Å². The van der Waals surface area contributed by atoms with Crippen molar-refractivity contribution >= 4 is 11.7 Å². The van der Waals surface area contributed by atoms with Crippen molar-refractivity contribution < 1.29 is 14.7 Å². The van der Waals surface area contributed by atoms with E-state index in [-0.39, 0.29) is 22.4 Å². The first kappa shape index (κ1) is 28.7. The van der Waals surface area contributed by atoms with Crippen LogP contribution in [-0.4, -0.2) is 17.3 Å². The minimum atomic E-state index is -0.422. The Labute approximate surface area is 235 Å². The number of hydrogen-bond acceptors (Lipinski definition) is 5. The van der Waals surface area contributed by atoms with Gasteiger partial charge in [-0.2, -0.15) is 0 Å². The molecule has 1 aromatic rings. The Morgan fingerprint density at radius 1 is 1.10 bits per heavy atom. The van der Waals surface area contributed by atoms with Gasteiger partial charge in [-0.05, 0) is 109 Å². The van der Waals surface area contributed by atoms with E-state index in [1.54, 1.807) is 12.1 Å². The highest BCUT2D eigenvalue weighted by Gasteiger charge is 2.59. The van der Waals surface area contributed by atoms with E-state index in [2.05, 4.69) is 40.7 Å². The lowest BCUT2D eigenvalue weighted by Crippen LogP contribution is -2.51. The van der Waals surface area contributed by atoms with Gasteiger partial charge in [0, 0.05) is 6.42 Å². The van der Waals surface area contributed by atoms with Gasteiger partial charge in [-0.25, -0.2) is 4.79 Å². The van der Waals surface area contributed by atoms with Gasteiger partial charge < -0.3 is 15.2 Å². The average molecular weight is 537 g/mol. The summed E-state index contributed by atoms with van der Waals surface area (Å²) in [5.41, 5.74) is 2.55. The molecule has 0 aromatic heterocycles. The lowest BCUT2D eigenvalue weighted by molar-refractivity contribution is -0.0594. The SMILES string of the molecule is CC(C)CCC[C@@H](C)[C@H]1CC[C@H]2[C@@H]3CC=C4C[C@@H](OC(=O)c5cccc(N([O-])O)c5)CC[C@]4(C)[C@H]3CC[C@]12C. The minimum absolute atomic E-state index is 0.0325. The van der Waals surface area contributed by atoms with E-state index in [0.29, 0.717) is 11.0 Å². The summed E-state index contributed by atoms with van der Waals surface area (Å²) in [7, 11) is 0. The number of ether oxygens (including phenoxy) is 1. The van der Waals surface area contributed by atoms with E-state index in [4.69, 9.17) is 4.74 Å². The number of nitrogens with zero attached hydrogens (tertiary/aromatic N) is 1. The number of benzene rings is 1. The smallest absolute Gasteiger partial charge is 0.338 e. The number of carbonyl (C=O) groups excluding carboxylic acids is 1. The third-order valence-electron chi connectivity index (χ3n) is 11.8. The Bertz CT molecular complexity index is 1070. The molecule has 0 heterocycles. The summed E-state index contributed by atoms with van der Waals surface area (Å²) in [6.45, 7) is 12.4. The topological polar surface area (TPSA) is 72.8 Å². The van der Waals surface area contributed by atoms with Crippen LogP contribution in [0.3, 0.4) is 0 Å². The predicted molar refractivity (Wildman–Crippen MR) is 156 cm³/mol. The summed E-state index contributed by atoms with van der Waals surface area (Å²) >= 11 is 0. The van der Waals surface area contributed by atoms with Crippen molar-refractivity contribution in [1.29, 1.82) is 0 Å². The van der Waals surface area contributed by atoms with Gasteiger partial charge in [0.25, 0.3) is 0 Å². The van der Waals surface area contributed by atoms with E-state index >= 15 is 0 Å². The molecule has 0 aliphatic heterocycles. The van der Waals surface area contributed by atoms with Crippen LogP contribution in [0.5, 0.6) is 0 Å². The van der Waals surface area contributed by atoms with Gasteiger partial charge in [0.1, 0.15) is 6.10 Å². The predicted octanol–water partition coefficient (Wildman–Crippen LogP) is 8.95. The number of carbonyl (C=O) groups is 1. The summed E-state index contributed by atoms with van der Waals surface area (Å²) in [6.07, 6.45) is 16.0. The lowest BCUT2D eigenvalue weighted by atomic mass is 9.47. The molecule has 0 unspecified atom stereocenters. The molecular formula is C34H50NO4-. The Kier molecular flexibility index (Phi) is 8.23. The summed E-state index contributed by atoms with van der Waals surface area (Å²) in [4.78, 5) is 12.9. The molecule has 0 bridgehead atoms. The van der Waals surface area contributed by atoms with E-state index in [9.17, 15) is 15.2 Å². The lowest BCUT2D eigenvalue weighted by Gasteiger charge is -2.58. The largest absolute Gasteiger partial charge is 0.733 e. The monoisotopic (exact) mass is 536 g/mol. The molecule has 216 valence electrons. The van der Waals surface area contributed by atoms with Crippen molar-refractivity contribution in [3.63, 3.8) is 0 Å². The molecule has 5 rings (SSSR count). The van der Waals surface area contributed by atoms with Crippen LogP contribution in [0.2, 0.25) is 0 Å². The summed E-state index contributed by atoms with van der Waals surface area (Å²) in [5, 5.41) is 20.2. The Morgan fingerprint density at radius 2 is 1.90 bits per heavy atom. The first-order chi connectivity index (χ1) is 18.5. The molecule has 0 spiro atoms. The number of anilines is 1. The molecule has 3 fully saturated rings. The maximum atomic E-state index is 12.9. The van der Waals surface area contributed by atoms with E-state index in [1.807, 2.05) is 0 Å². The van der Waals surface area contributed by atoms with Gasteiger partial charge in [-0.1, -0.05) is 71.6 Å². The molecule has 1 aromatic carbocycles. The molecule has 0 radical (unpaired) electrons. The highest BCUT2D eigenvalue weighted by atomic mass is 16.8. The summed E-state index contributed by atoms with van der Waals surface area (Å²) in [6, 6.07) is 6.07. The van der Waals surface area contributed by atoms with Gasteiger partial charge in [-0.3, -0.25) is 5.21 Å². The number of hydrogen-bond donors (Lipinski definition) is 1. The fourth-order valence-corrected chi connectivity index (χ4v) is 9.72. The molecule has 4 aliphatic rings. The van der Waals surface area contributed by atoms with E-state index < -0.39 is 5.97 Å². The van der Waals surface area contributed by atoms with Crippen LogP contribution >= 0.6 is 0 Å². The van der Waals surface area contributed by atoms with Crippen LogP contribution in [-0.2, 0) is 4.74 Å². The van der Waals surface area contributed by atoms with E-state index in [1.165, 1.54) is 69.1 Å². The van der Waals surface area contributed by atoms with Crippen molar-refractivity contribution in [3.05, 3.63) is 46.7 Å². The molecule has 8 atom stereocenters. The third-order valence-corrected chi connectivity index (χ3v) is 11.8. The molecule has 3 saturated carbocycles. The highest BCUT2D eigenvalue weighted by Crippen LogP contribution is 2.67. The van der Waals surface area contributed by atoms with Crippen LogP contribution in [0.4, 0.5) is 5.69 Å². The van der Waals surface area contributed by atoms with Crippen molar-refractivity contribution in [2.75, 3.05) is 5.23 Å². The normalized spacial score (nSPS) is 36.4. The van der Waals surface area contributed by atoms with Crippen molar-refractivity contribution in [1.82, 2.24) is 0 Å². The quantitative estimate of drug-likeness (QED) is 0.204. The number of esters is 1. The fraction of sp³-hybridized carbons (Fsp3) is 0.735. The van der Waals surface area contributed by atoms with Crippen molar-refractivity contribution in [2.45, 2.75) is 111 Å². The molecule has 5 heteroatoms. The van der Waals surface area contributed by atoms with Crippen molar-refractivity contribution in [3.8, 4) is 0 Å². The standard InChI is InChI=1S/C34H50NO4/c1-22(2)8-6-9-23(3)29-14-15-30-28-13-12-25-21-27(16-18-33(25,4)31(28)17-19-34(29,30)5)39-32(36)24-10-7-11-26(20-24)35(37)38/h7,10-12,20,22-23,27-31,37H,6,8-9,13-19,21H2,1-5H3/q-1/t23-,27+,28+,29-,30+,31+,33+,34-/m1/s1. The van der Waals surface area contributed by atoms with Gasteiger partial charge >= 0.3 is 5.97 Å². The van der Waals surface area contributed by atoms with Crippen LogP contribution in [0.1, 0.15) is 116 Å². The zero-order valence-electron chi connectivity index (χ0n) is 24.8. The highest BCUT2D eigenvalue weighted by molar-refractivity contribution is 5.90. The molecule has 39 heavy (non-hydrogen) atoms. The summed E-state index contributed by atoms with van der Waals surface area (Å²) < 4.78 is 5.93. The molecule has 0 saturated heterocycles. The minimum Gasteiger partial charge on any atom is -0.733 e. The van der Waals surface area contributed by atoms with Crippen LogP contribution in [0, 0.1) is 51.5 Å². The first-order valence-electron chi connectivity index (χ1n) is 15.7. The third kappa shape index (κ3) is 5.43. The second-order valence-corrected chi connectivity index (χ2v) is 14.4. The van der Waals surface area contributed by atoms with Crippen LogP contribution in [0.15, 0.2) is 35.9 Å². The Balaban J connectivity index is 1.24. The van der Waals surface area contributed by atoms with Gasteiger partial charge in [-0.15, -0.1) is 0 Å². The second-order valence-electron chi connectivity index (χ2n) is 14.4. The average Bonchev–Trinajstić information content (AvgIpc) is 3.26. The molecule has 5 nitrogen and oxygen atoms in total. The van der Waals surface area contributed by atoms with Crippen molar-refractivity contribution in [2.24, 2.45) is 46.3 Å². The Morgan fingerprint density at radius 3 is 2.64 bits per heavy atom. The van der Waals surface area contributed by atoms with Gasteiger partial charge in [0.2, 0.25) is 0 Å². The van der Waals surface area contributed by atoms with Gasteiger partial charge in [0.15, 0.2) is 0 Å². The molecular weight excluding hydrogens is 486 g/mol. The van der Waals surface area contributed by atoms with Crippen LogP contribution < -0.4 is 5.23 Å². The first-order valence-corrected chi connectivity index (χ1v) is 15.7. The zero-order chi connectivity index (χ0) is 27.9. The number of fused-ring (bicyclic) bond motifs is 5. The number of rotatable bonds is 8. The van der Waals surface area contributed by atoms with Crippen LogP contribution in [0.25, 0.3) is 0 Å². The summed E-state index contributed by atoms with van der Waals surface area (Å²) in [5.74, 6) is 4.48.